The van der Waals surface area contributed by atoms with Crippen LogP contribution in [0.3, 0.4) is 0 Å². The van der Waals surface area contributed by atoms with E-state index in [1.807, 2.05) is 0 Å². The van der Waals surface area contributed by atoms with Crippen molar-refractivity contribution in [1.29, 1.82) is 0 Å². The monoisotopic (exact) mass is 323 g/mol. The highest BCUT2D eigenvalue weighted by Gasteiger charge is 2.27. The van der Waals surface area contributed by atoms with E-state index in [0.717, 1.165) is 18.6 Å². The first-order valence-electron chi connectivity index (χ1n) is 9.81. The molecule has 1 unspecified atom stereocenters. The fourth-order valence-electron chi connectivity index (χ4n) is 3.23. The van der Waals surface area contributed by atoms with Crippen molar-refractivity contribution in [3.05, 3.63) is 22.5 Å². The standard InChI is InChI=1S/C20H37NO2/c1-4-6-7-8-9-10-11-12-13-14-15-16-20(3,5-2)18-17-21-19(22)23-18/h17H,4-16H2,1-3H3,(H,21,22). The molecule has 1 atom stereocenters. The average molecular weight is 324 g/mol. The summed E-state index contributed by atoms with van der Waals surface area (Å²) in [6.45, 7) is 6.65. The molecule has 0 aliphatic heterocycles. The molecular formula is C20H37NO2. The topological polar surface area (TPSA) is 46.0 Å². The molecule has 23 heavy (non-hydrogen) atoms. The Morgan fingerprint density at radius 3 is 1.87 bits per heavy atom. The fourth-order valence-corrected chi connectivity index (χ4v) is 3.23. The molecule has 0 aliphatic carbocycles. The minimum Gasteiger partial charge on any atom is -0.413 e. The van der Waals surface area contributed by atoms with Gasteiger partial charge in [0.2, 0.25) is 0 Å². The lowest BCUT2D eigenvalue weighted by atomic mass is 9.80. The Hall–Kier alpha value is -0.990. The van der Waals surface area contributed by atoms with Crippen LogP contribution in [0.1, 0.15) is 110 Å². The van der Waals surface area contributed by atoms with Crippen molar-refractivity contribution in [2.45, 2.75) is 110 Å². The number of oxazole rings is 1. The Morgan fingerprint density at radius 1 is 0.913 bits per heavy atom. The molecule has 1 aromatic heterocycles. The molecule has 0 saturated carbocycles. The first-order chi connectivity index (χ1) is 11.1. The van der Waals surface area contributed by atoms with Crippen molar-refractivity contribution < 1.29 is 4.42 Å². The molecule has 1 N–H and O–H groups in total. The largest absolute Gasteiger partial charge is 0.416 e. The number of hydrogen-bond acceptors (Lipinski definition) is 2. The smallest absolute Gasteiger partial charge is 0.413 e. The van der Waals surface area contributed by atoms with Crippen LogP contribution < -0.4 is 5.76 Å². The normalized spacial score (nSPS) is 14.0. The highest BCUT2D eigenvalue weighted by Crippen LogP contribution is 2.32. The summed E-state index contributed by atoms with van der Waals surface area (Å²) in [5.41, 5.74) is -0.00155. The van der Waals surface area contributed by atoms with Crippen LogP contribution in [0.15, 0.2) is 15.4 Å². The van der Waals surface area contributed by atoms with Crippen molar-refractivity contribution in [3.8, 4) is 0 Å². The number of hydrogen-bond donors (Lipinski definition) is 1. The molecule has 0 aliphatic rings. The molecule has 1 aromatic rings. The quantitative estimate of drug-likeness (QED) is 0.406. The summed E-state index contributed by atoms with van der Waals surface area (Å²) in [7, 11) is 0. The molecule has 0 spiro atoms. The molecule has 1 rings (SSSR count). The van der Waals surface area contributed by atoms with Gasteiger partial charge in [0.05, 0.1) is 0 Å². The van der Waals surface area contributed by atoms with Gasteiger partial charge >= 0.3 is 5.76 Å². The maximum Gasteiger partial charge on any atom is 0.416 e. The predicted molar refractivity (Wildman–Crippen MR) is 98.0 cm³/mol. The van der Waals surface area contributed by atoms with Crippen molar-refractivity contribution in [2.24, 2.45) is 0 Å². The highest BCUT2D eigenvalue weighted by molar-refractivity contribution is 5.07. The van der Waals surface area contributed by atoms with Crippen LogP contribution in [0.25, 0.3) is 0 Å². The van der Waals surface area contributed by atoms with Gasteiger partial charge in [0, 0.05) is 11.6 Å². The second kappa shape index (κ2) is 11.5. The third kappa shape index (κ3) is 7.90. The summed E-state index contributed by atoms with van der Waals surface area (Å²) < 4.78 is 5.28. The van der Waals surface area contributed by atoms with Gasteiger partial charge in [0.15, 0.2) is 0 Å². The lowest BCUT2D eigenvalue weighted by Gasteiger charge is -2.25. The van der Waals surface area contributed by atoms with Gasteiger partial charge in [-0.1, -0.05) is 91.4 Å². The average Bonchev–Trinajstić information content (AvgIpc) is 2.99. The minimum absolute atomic E-state index is 0.00155. The number of aromatic nitrogens is 1. The Kier molecular flexibility index (Phi) is 10.1. The number of nitrogens with one attached hydrogen (secondary N) is 1. The van der Waals surface area contributed by atoms with E-state index in [4.69, 9.17) is 4.42 Å². The van der Waals surface area contributed by atoms with Gasteiger partial charge in [-0.15, -0.1) is 0 Å². The molecule has 134 valence electrons. The van der Waals surface area contributed by atoms with E-state index >= 15 is 0 Å². The van der Waals surface area contributed by atoms with E-state index in [1.165, 1.54) is 70.6 Å². The van der Waals surface area contributed by atoms with Crippen LogP contribution >= 0.6 is 0 Å². The molecule has 1 heterocycles. The van der Waals surface area contributed by atoms with Crippen LogP contribution in [-0.2, 0) is 5.41 Å². The molecule has 0 fully saturated rings. The Morgan fingerprint density at radius 2 is 1.43 bits per heavy atom. The Bertz CT molecular complexity index is 448. The molecule has 0 bridgehead atoms. The lowest BCUT2D eigenvalue weighted by Crippen LogP contribution is -2.20. The second-order valence-corrected chi connectivity index (χ2v) is 7.24. The van der Waals surface area contributed by atoms with Crippen molar-refractivity contribution >= 4 is 0 Å². The van der Waals surface area contributed by atoms with E-state index in [-0.39, 0.29) is 11.2 Å². The third-order valence-corrected chi connectivity index (χ3v) is 5.23. The summed E-state index contributed by atoms with van der Waals surface area (Å²) >= 11 is 0. The third-order valence-electron chi connectivity index (χ3n) is 5.23. The first kappa shape index (κ1) is 20.1. The van der Waals surface area contributed by atoms with Crippen molar-refractivity contribution in [1.82, 2.24) is 4.98 Å². The maximum atomic E-state index is 11.2. The van der Waals surface area contributed by atoms with Crippen LogP contribution in [0, 0.1) is 0 Å². The van der Waals surface area contributed by atoms with Gasteiger partial charge in [0.1, 0.15) is 5.76 Å². The predicted octanol–water partition coefficient (Wildman–Crippen LogP) is 6.34. The van der Waals surface area contributed by atoms with E-state index in [2.05, 4.69) is 25.8 Å². The van der Waals surface area contributed by atoms with E-state index < -0.39 is 0 Å². The molecule has 3 heteroatoms. The summed E-state index contributed by atoms with van der Waals surface area (Å²) in [6, 6.07) is 0. The first-order valence-corrected chi connectivity index (χ1v) is 9.81. The van der Waals surface area contributed by atoms with E-state index in [9.17, 15) is 4.79 Å². The van der Waals surface area contributed by atoms with E-state index in [0.29, 0.717) is 0 Å². The second-order valence-electron chi connectivity index (χ2n) is 7.24. The molecule has 0 amide bonds. The van der Waals surface area contributed by atoms with Crippen LogP contribution in [0.4, 0.5) is 0 Å². The highest BCUT2D eigenvalue weighted by atomic mass is 16.4. The molecule has 0 radical (unpaired) electrons. The van der Waals surface area contributed by atoms with Gasteiger partial charge < -0.3 is 4.42 Å². The van der Waals surface area contributed by atoms with Crippen LogP contribution in [0.2, 0.25) is 0 Å². The zero-order valence-corrected chi connectivity index (χ0v) is 15.6. The molecule has 3 nitrogen and oxygen atoms in total. The number of rotatable bonds is 14. The summed E-state index contributed by atoms with van der Waals surface area (Å²) in [5.74, 6) is 0.482. The maximum absolute atomic E-state index is 11.2. The molecule has 0 aromatic carbocycles. The van der Waals surface area contributed by atoms with Gasteiger partial charge in [-0.25, -0.2) is 4.79 Å². The van der Waals surface area contributed by atoms with Crippen molar-refractivity contribution in [3.63, 3.8) is 0 Å². The van der Waals surface area contributed by atoms with Gasteiger partial charge in [-0.3, -0.25) is 4.98 Å². The van der Waals surface area contributed by atoms with Crippen LogP contribution in [0.5, 0.6) is 0 Å². The summed E-state index contributed by atoms with van der Waals surface area (Å²) in [5, 5.41) is 0. The van der Waals surface area contributed by atoms with E-state index in [1.54, 1.807) is 6.20 Å². The number of H-pyrrole nitrogens is 1. The number of unbranched alkanes of at least 4 members (excludes halogenated alkanes) is 10. The summed E-state index contributed by atoms with van der Waals surface area (Å²) in [4.78, 5) is 13.8. The summed E-state index contributed by atoms with van der Waals surface area (Å²) in [6.07, 6.45) is 18.9. The SMILES string of the molecule is CCCCCCCCCCCCCC(C)(CC)c1c[nH]c(=O)o1. The Balaban J connectivity index is 2.06. The molecular weight excluding hydrogens is 286 g/mol. The van der Waals surface area contributed by atoms with Crippen LogP contribution in [-0.4, -0.2) is 4.98 Å². The fraction of sp³-hybridized carbons (Fsp3) is 0.850. The van der Waals surface area contributed by atoms with Gasteiger partial charge in [0.25, 0.3) is 0 Å². The zero-order chi connectivity index (χ0) is 17.0. The zero-order valence-electron chi connectivity index (χ0n) is 15.6. The number of aromatic amines is 1. The minimum atomic E-state index is -0.335. The lowest BCUT2D eigenvalue weighted by molar-refractivity contribution is 0.308. The molecule has 0 saturated heterocycles. The van der Waals surface area contributed by atoms with Gasteiger partial charge in [-0.2, -0.15) is 0 Å². The Labute approximate surface area is 142 Å². The van der Waals surface area contributed by atoms with Crippen molar-refractivity contribution in [2.75, 3.05) is 0 Å². The van der Waals surface area contributed by atoms with Gasteiger partial charge in [-0.05, 0) is 12.8 Å².